The van der Waals surface area contributed by atoms with Gasteiger partial charge in [-0.05, 0) is 40.4 Å². The molecule has 0 spiro atoms. The molecular weight excluding hydrogens is 262 g/mol. The Hall–Kier alpha value is -0.940. The fourth-order valence-electron chi connectivity index (χ4n) is 1.76. The van der Waals surface area contributed by atoms with Gasteiger partial charge < -0.3 is 10.2 Å². The lowest BCUT2D eigenvalue weighted by Crippen LogP contribution is -2.33. The van der Waals surface area contributed by atoms with Crippen molar-refractivity contribution in [1.29, 1.82) is 0 Å². The van der Waals surface area contributed by atoms with Gasteiger partial charge in [0.2, 0.25) is 0 Å². The second kappa shape index (κ2) is 3.57. The van der Waals surface area contributed by atoms with Crippen molar-refractivity contribution >= 4 is 21.9 Å². The quantitative estimate of drug-likeness (QED) is 0.814. The zero-order valence-corrected chi connectivity index (χ0v) is 9.44. The van der Waals surface area contributed by atoms with Crippen LogP contribution in [-0.4, -0.2) is 27.3 Å². The molecule has 1 aromatic heterocycles. The van der Waals surface area contributed by atoms with Crippen LogP contribution in [0.3, 0.4) is 0 Å². The molecule has 2 N–H and O–H groups in total. The summed E-state index contributed by atoms with van der Waals surface area (Å²) in [5.74, 6) is -1.17. The second-order valence-corrected chi connectivity index (χ2v) is 4.58. The van der Waals surface area contributed by atoms with Crippen molar-refractivity contribution in [3.05, 3.63) is 28.5 Å². The topological polar surface area (TPSA) is 70.4 Å². The third-order valence-corrected chi connectivity index (χ3v) is 3.32. The van der Waals surface area contributed by atoms with Gasteiger partial charge in [-0.2, -0.15) is 0 Å². The molecule has 4 nitrogen and oxygen atoms in total. The van der Waals surface area contributed by atoms with E-state index in [1.165, 1.54) is 0 Å². The first-order valence-electron chi connectivity index (χ1n) is 4.59. The van der Waals surface area contributed by atoms with Gasteiger partial charge in [0, 0.05) is 11.6 Å². The van der Waals surface area contributed by atoms with Crippen LogP contribution >= 0.6 is 15.9 Å². The van der Waals surface area contributed by atoms with Crippen molar-refractivity contribution in [1.82, 2.24) is 4.98 Å². The highest BCUT2D eigenvalue weighted by Gasteiger charge is 2.53. The lowest BCUT2D eigenvalue weighted by molar-refractivity contribution is -0.148. The van der Waals surface area contributed by atoms with Crippen molar-refractivity contribution in [3.8, 4) is 0 Å². The number of nitrogens with zero attached hydrogens (tertiary/aromatic N) is 1. The summed E-state index contributed by atoms with van der Waals surface area (Å²) >= 11 is 3.21. The molecule has 0 aliphatic heterocycles. The fourth-order valence-corrected chi connectivity index (χ4v) is 2.00. The van der Waals surface area contributed by atoms with Crippen LogP contribution in [-0.2, 0) is 10.2 Å². The summed E-state index contributed by atoms with van der Waals surface area (Å²) in [5.41, 5.74) is 0.181. The van der Waals surface area contributed by atoms with Gasteiger partial charge >= 0.3 is 5.97 Å². The van der Waals surface area contributed by atoms with Gasteiger partial charge in [-0.1, -0.05) is 6.07 Å². The molecule has 1 heterocycles. The summed E-state index contributed by atoms with van der Waals surface area (Å²) in [4.78, 5) is 14.8. The first kappa shape index (κ1) is 10.6. The van der Waals surface area contributed by atoms with Crippen molar-refractivity contribution in [3.63, 3.8) is 0 Å². The van der Waals surface area contributed by atoms with Crippen LogP contribution in [0.15, 0.2) is 22.9 Å². The SMILES string of the molecule is O=C(O)C(O)C1(c2ccc(Br)nc2)CC1. The summed E-state index contributed by atoms with van der Waals surface area (Å²) in [6.07, 6.45) is 1.68. The zero-order chi connectivity index (χ0) is 11.1. The van der Waals surface area contributed by atoms with Crippen molar-refractivity contribution < 1.29 is 15.0 Å². The molecule has 1 unspecified atom stereocenters. The average Bonchev–Trinajstić information content (AvgIpc) is 2.99. The van der Waals surface area contributed by atoms with E-state index in [0.29, 0.717) is 17.4 Å². The minimum Gasteiger partial charge on any atom is -0.479 e. The molecule has 0 saturated heterocycles. The summed E-state index contributed by atoms with van der Waals surface area (Å²) in [6, 6.07) is 3.56. The molecule has 1 atom stereocenters. The number of rotatable bonds is 3. The largest absolute Gasteiger partial charge is 0.479 e. The van der Waals surface area contributed by atoms with Gasteiger partial charge in [0.15, 0.2) is 6.10 Å². The average molecular weight is 272 g/mol. The van der Waals surface area contributed by atoms with Crippen LogP contribution in [0.1, 0.15) is 18.4 Å². The first-order valence-corrected chi connectivity index (χ1v) is 5.38. The smallest absolute Gasteiger partial charge is 0.333 e. The van der Waals surface area contributed by atoms with Crippen LogP contribution in [0.25, 0.3) is 0 Å². The lowest BCUT2D eigenvalue weighted by Gasteiger charge is -2.18. The van der Waals surface area contributed by atoms with Gasteiger partial charge in [-0.25, -0.2) is 9.78 Å². The maximum absolute atomic E-state index is 10.7. The predicted molar refractivity (Wildman–Crippen MR) is 56.5 cm³/mol. The fraction of sp³-hybridized carbons (Fsp3) is 0.400. The minimum absolute atomic E-state index is 0.612. The van der Waals surface area contributed by atoms with E-state index < -0.39 is 17.5 Å². The van der Waals surface area contributed by atoms with E-state index in [1.54, 1.807) is 18.3 Å². The molecule has 5 heteroatoms. The molecule has 1 aliphatic carbocycles. The van der Waals surface area contributed by atoms with Crippen LogP contribution in [0.4, 0.5) is 0 Å². The van der Waals surface area contributed by atoms with Crippen LogP contribution in [0, 0.1) is 0 Å². The molecule has 0 aromatic carbocycles. The Morgan fingerprint density at radius 3 is 2.60 bits per heavy atom. The number of carboxylic acids is 1. The van der Waals surface area contributed by atoms with Crippen LogP contribution in [0.2, 0.25) is 0 Å². The molecule has 1 fully saturated rings. The van der Waals surface area contributed by atoms with Gasteiger partial charge in [-0.3, -0.25) is 0 Å². The molecular formula is C10H10BrNO3. The van der Waals surface area contributed by atoms with E-state index in [2.05, 4.69) is 20.9 Å². The molecule has 0 radical (unpaired) electrons. The zero-order valence-electron chi connectivity index (χ0n) is 7.85. The van der Waals surface area contributed by atoms with E-state index in [0.717, 1.165) is 5.56 Å². The summed E-state index contributed by atoms with van der Waals surface area (Å²) in [5, 5.41) is 18.4. The number of halogens is 1. The highest BCUT2D eigenvalue weighted by atomic mass is 79.9. The normalized spacial score (nSPS) is 19.6. The first-order chi connectivity index (χ1) is 7.06. The Kier molecular flexibility index (Phi) is 2.52. The molecule has 1 aromatic rings. The highest BCUT2D eigenvalue weighted by molar-refractivity contribution is 9.10. The summed E-state index contributed by atoms with van der Waals surface area (Å²) in [7, 11) is 0. The van der Waals surface area contributed by atoms with Gasteiger partial charge in [0.1, 0.15) is 4.60 Å². The molecule has 2 rings (SSSR count). The number of aliphatic carboxylic acids is 1. The molecule has 80 valence electrons. The number of carboxylic acid groups (broad SMARTS) is 1. The Morgan fingerprint density at radius 1 is 1.53 bits per heavy atom. The number of aliphatic hydroxyl groups excluding tert-OH is 1. The Bertz CT molecular complexity index is 386. The lowest BCUT2D eigenvalue weighted by atomic mass is 9.91. The second-order valence-electron chi connectivity index (χ2n) is 3.77. The minimum atomic E-state index is -1.33. The highest BCUT2D eigenvalue weighted by Crippen LogP contribution is 2.50. The third-order valence-electron chi connectivity index (χ3n) is 2.85. The molecule has 0 bridgehead atoms. The monoisotopic (exact) mass is 271 g/mol. The van der Waals surface area contributed by atoms with Crippen LogP contribution < -0.4 is 0 Å². The number of hydrogen-bond donors (Lipinski definition) is 2. The number of hydrogen-bond acceptors (Lipinski definition) is 3. The number of aromatic nitrogens is 1. The standard InChI is InChI=1S/C10H10BrNO3/c11-7-2-1-6(5-12-7)10(3-4-10)8(13)9(14)15/h1-2,5,8,13H,3-4H2,(H,14,15). The van der Waals surface area contributed by atoms with Gasteiger partial charge in [-0.15, -0.1) is 0 Å². The predicted octanol–water partition coefficient (Wildman–Crippen LogP) is 1.32. The van der Waals surface area contributed by atoms with Crippen molar-refractivity contribution in [2.24, 2.45) is 0 Å². The van der Waals surface area contributed by atoms with E-state index in [1.807, 2.05) is 0 Å². The van der Waals surface area contributed by atoms with E-state index >= 15 is 0 Å². The molecule has 1 saturated carbocycles. The number of pyridine rings is 1. The third kappa shape index (κ3) is 1.77. The Labute approximate surface area is 95.1 Å². The van der Waals surface area contributed by atoms with E-state index in [-0.39, 0.29) is 0 Å². The summed E-state index contributed by atoms with van der Waals surface area (Å²) in [6.45, 7) is 0. The van der Waals surface area contributed by atoms with Gasteiger partial charge in [0.05, 0.1) is 0 Å². The van der Waals surface area contributed by atoms with Gasteiger partial charge in [0.25, 0.3) is 0 Å². The van der Waals surface area contributed by atoms with E-state index in [9.17, 15) is 9.90 Å². The molecule has 15 heavy (non-hydrogen) atoms. The molecule has 1 aliphatic rings. The Balaban J connectivity index is 2.30. The van der Waals surface area contributed by atoms with Crippen LogP contribution in [0.5, 0.6) is 0 Å². The number of aliphatic hydroxyl groups is 1. The maximum atomic E-state index is 10.7. The number of carbonyl (C=O) groups is 1. The molecule has 0 amide bonds. The Morgan fingerprint density at radius 2 is 2.20 bits per heavy atom. The summed E-state index contributed by atoms with van der Waals surface area (Å²) < 4.78 is 0.701. The van der Waals surface area contributed by atoms with Crippen molar-refractivity contribution in [2.75, 3.05) is 0 Å². The van der Waals surface area contributed by atoms with Crippen molar-refractivity contribution in [2.45, 2.75) is 24.4 Å². The maximum Gasteiger partial charge on any atom is 0.333 e. The van der Waals surface area contributed by atoms with E-state index in [4.69, 9.17) is 5.11 Å².